The quantitative estimate of drug-likeness (QED) is 0.0806. The minimum Gasteiger partial charge on any atom is -0.379 e. The van der Waals surface area contributed by atoms with Crippen LogP contribution in [-0.2, 0) is 44.6 Å². The van der Waals surface area contributed by atoms with Gasteiger partial charge < -0.3 is 33.9 Å². The third kappa shape index (κ3) is 9.86. The maximum Gasteiger partial charge on any atom is 0.255 e. The van der Waals surface area contributed by atoms with Gasteiger partial charge in [0.25, 0.3) is 5.91 Å². The van der Waals surface area contributed by atoms with Gasteiger partial charge >= 0.3 is 0 Å². The number of piperidine rings is 1. The molecule has 0 bridgehead atoms. The van der Waals surface area contributed by atoms with Crippen LogP contribution in [0, 0.1) is 0 Å². The van der Waals surface area contributed by atoms with Crippen LogP contribution in [0.15, 0.2) is 23.3 Å². The molecular formula is C25H34N6O9. The van der Waals surface area contributed by atoms with E-state index >= 15 is 0 Å². The molecule has 2 heterocycles. The molecule has 15 nitrogen and oxygen atoms in total. The van der Waals surface area contributed by atoms with Crippen LogP contribution in [0.4, 0.5) is 5.69 Å². The number of carbonyl (C=O) groups excluding carboxylic acids is 4. The number of imide groups is 1. The largest absolute Gasteiger partial charge is 0.379 e. The molecule has 2 N–H and O–H groups in total. The van der Waals surface area contributed by atoms with E-state index in [0.717, 1.165) is 0 Å². The zero-order valence-corrected chi connectivity index (χ0v) is 22.2. The number of ether oxygens (including phenoxy) is 5. The number of hydrogen-bond acceptors (Lipinski definition) is 10. The number of amides is 4. The van der Waals surface area contributed by atoms with Crippen LogP contribution in [0.2, 0.25) is 0 Å². The van der Waals surface area contributed by atoms with Crippen molar-refractivity contribution in [1.82, 2.24) is 10.2 Å². The van der Waals surface area contributed by atoms with Crippen molar-refractivity contribution in [2.24, 2.45) is 5.11 Å². The molecule has 1 fully saturated rings. The summed E-state index contributed by atoms with van der Waals surface area (Å²) in [6.07, 6.45) is 0.435. The number of carbonyl (C=O) groups is 4. The molecule has 0 aromatic heterocycles. The fourth-order valence-electron chi connectivity index (χ4n) is 4.08. The molecule has 15 heteroatoms. The van der Waals surface area contributed by atoms with Crippen LogP contribution in [0.5, 0.6) is 0 Å². The third-order valence-electron chi connectivity index (χ3n) is 5.98. The summed E-state index contributed by atoms with van der Waals surface area (Å²) in [6.45, 7) is 3.56. The van der Waals surface area contributed by atoms with E-state index in [1.165, 1.54) is 4.90 Å². The number of fused-ring (bicyclic) bond motifs is 1. The first-order chi connectivity index (χ1) is 19.5. The van der Waals surface area contributed by atoms with E-state index in [-0.39, 0.29) is 56.9 Å². The Hall–Kier alpha value is -3.59. The van der Waals surface area contributed by atoms with Gasteiger partial charge in [-0.1, -0.05) is 11.2 Å². The van der Waals surface area contributed by atoms with Crippen molar-refractivity contribution in [3.05, 3.63) is 39.8 Å². The predicted octanol–water partition coefficient (Wildman–Crippen LogP) is 0.779. The number of rotatable bonds is 19. The second-order valence-electron chi connectivity index (χ2n) is 8.74. The van der Waals surface area contributed by atoms with Gasteiger partial charge in [0.15, 0.2) is 0 Å². The van der Waals surface area contributed by atoms with Gasteiger partial charge in [-0.2, -0.15) is 0 Å². The lowest BCUT2D eigenvalue weighted by molar-refractivity contribution is -0.137. The number of benzene rings is 1. The Morgan fingerprint density at radius 3 is 2.23 bits per heavy atom. The zero-order valence-electron chi connectivity index (χ0n) is 22.2. The van der Waals surface area contributed by atoms with Gasteiger partial charge in [0.05, 0.1) is 59.5 Å². The van der Waals surface area contributed by atoms with Gasteiger partial charge in [-0.25, -0.2) is 0 Å². The van der Waals surface area contributed by atoms with Crippen LogP contribution in [0.3, 0.4) is 0 Å². The average molecular weight is 563 g/mol. The Morgan fingerprint density at radius 1 is 0.975 bits per heavy atom. The maximum atomic E-state index is 12.9. The first-order valence-electron chi connectivity index (χ1n) is 13.0. The summed E-state index contributed by atoms with van der Waals surface area (Å²) in [6, 6.07) is 4.27. The molecule has 0 radical (unpaired) electrons. The van der Waals surface area contributed by atoms with E-state index in [2.05, 4.69) is 20.7 Å². The molecule has 40 heavy (non-hydrogen) atoms. The molecule has 0 saturated carbocycles. The molecule has 0 spiro atoms. The lowest BCUT2D eigenvalue weighted by atomic mass is 10.0. The van der Waals surface area contributed by atoms with Gasteiger partial charge in [0, 0.05) is 41.2 Å². The highest BCUT2D eigenvalue weighted by molar-refractivity contribution is 6.06. The fourth-order valence-corrected chi connectivity index (χ4v) is 4.08. The van der Waals surface area contributed by atoms with E-state index in [4.69, 9.17) is 29.2 Å². The highest BCUT2D eigenvalue weighted by atomic mass is 16.6. The standard InChI is InChI=1S/C25H34N6O9/c26-30-27-6-7-36-8-9-37-10-11-38-12-13-39-14-15-40-17-23(33)28-20-3-1-2-18-19(20)16-31(25(18)35)21-4-5-22(32)29-24(21)34/h1-3,21H,4-17H2,(H,28,33)(H,29,32,34). The van der Waals surface area contributed by atoms with Crippen molar-refractivity contribution in [1.29, 1.82) is 0 Å². The van der Waals surface area contributed by atoms with Gasteiger partial charge in [0.2, 0.25) is 17.7 Å². The average Bonchev–Trinajstić information content (AvgIpc) is 3.27. The van der Waals surface area contributed by atoms with Crippen molar-refractivity contribution >= 4 is 29.3 Å². The molecule has 1 aromatic carbocycles. The summed E-state index contributed by atoms with van der Waals surface area (Å²) in [7, 11) is 0. The molecular weight excluding hydrogens is 528 g/mol. The van der Waals surface area contributed by atoms with Gasteiger partial charge in [0.1, 0.15) is 12.6 Å². The zero-order chi connectivity index (χ0) is 28.6. The minimum atomic E-state index is -0.726. The van der Waals surface area contributed by atoms with Crippen molar-refractivity contribution in [3.63, 3.8) is 0 Å². The number of anilines is 1. The number of nitrogens with one attached hydrogen (secondary N) is 2. The number of nitrogens with zero attached hydrogens (tertiary/aromatic N) is 4. The third-order valence-corrected chi connectivity index (χ3v) is 5.98. The Kier molecular flexibility index (Phi) is 13.3. The second kappa shape index (κ2) is 17.2. The van der Waals surface area contributed by atoms with E-state index in [9.17, 15) is 19.2 Å². The van der Waals surface area contributed by atoms with E-state index < -0.39 is 11.9 Å². The van der Waals surface area contributed by atoms with Crippen LogP contribution < -0.4 is 10.6 Å². The number of azide groups is 1. The Morgan fingerprint density at radius 2 is 1.60 bits per heavy atom. The Labute approximate surface area is 231 Å². The summed E-state index contributed by atoms with van der Waals surface area (Å²) in [5, 5.41) is 8.39. The normalized spacial score (nSPS) is 16.4. The van der Waals surface area contributed by atoms with Crippen molar-refractivity contribution in [2.75, 3.05) is 77.9 Å². The van der Waals surface area contributed by atoms with Crippen molar-refractivity contribution in [3.8, 4) is 0 Å². The lowest BCUT2D eigenvalue weighted by Gasteiger charge is -2.29. The molecule has 3 rings (SSSR count). The van der Waals surface area contributed by atoms with E-state index in [0.29, 0.717) is 69.6 Å². The molecule has 1 atom stereocenters. The molecule has 2 aliphatic heterocycles. The molecule has 0 aliphatic carbocycles. The summed E-state index contributed by atoms with van der Waals surface area (Å²) in [5.41, 5.74) is 9.65. The first-order valence-corrected chi connectivity index (χ1v) is 13.0. The van der Waals surface area contributed by atoms with Gasteiger partial charge in [-0.05, 0) is 24.1 Å². The Bertz CT molecular complexity index is 1080. The summed E-state index contributed by atoms with van der Waals surface area (Å²) in [4.78, 5) is 53.0. The molecule has 218 valence electrons. The van der Waals surface area contributed by atoms with E-state index in [1.807, 2.05) is 0 Å². The smallest absolute Gasteiger partial charge is 0.255 e. The highest BCUT2D eigenvalue weighted by Gasteiger charge is 2.39. The maximum absolute atomic E-state index is 12.9. The molecule has 2 aliphatic rings. The molecule has 1 saturated heterocycles. The van der Waals surface area contributed by atoms with Crippen molar-refractivity contribution < 1.29 is 42.9 Å². The summed E-state index contributed by atoms with van der Waals surface area (Å²) < 4.78 is 26.7. The Balaban J connectivity index is 1.23. The molecule has 1 unspecified atom stereocenters. The topological polar surface area (TPSA) is 190 Å². The van der Waals surface area contributed by atoms with Crippen LogP contribution >= 0.6 is 0 Å². The van der Waals surface area contributed by atoms with Crippen LogP contribution in [0.25, 0.3) is 10.4 Å². The van der Waals surface area contributed by atoms with E-state index in [1.54, 1.807) is 18.2 Å². The highest BCUT2D eigenvalue weighted by Crippen LogP contribution is 2.32. The van der Waals surface area contributed by atoms with Gasteiger partial charge in [-0.15, -0.1) is 0 Å². The predicted molar refractivity (Wildman–Crippen MR) is 139 cm³/mol. The van der Waals surface area contributed by atoms with Gasteiger partial charge in [-0.3, -0.25) is 24.5 Å². The van der Waals surface area contributed by atoms with Crippen LogP contribution in [-0.4, -0.2) is 107 Å². The molecule has 1 aromatic rings. The second-order valence-corrected chi connectivity index (χ2v) is 8.74. The summed E-state index contributed by atoms with van der Waals surface area (Å²) >= 11 is 0. The monoisotopic (exact) mass is 562 g/mol. The molecule has 4 amide bonds. The summed E-state index contributed by atoms with van der Waals surface area (Å²) in [5.74, 6) is -1.53. The lowest BCUT2D eigenvalue weighted by Crippen LogP contribution is -2.52. The fraction of sp³-hybridized carbons (Fsp3) is 0.600. The first kappa shape index (κ1) is 30.9. The van der Waals surface area contributed by atoms with Crippen LogP contribution in [0.1, 0.15) is 28.8 Å². The van der Waals surface area contributed by atoms with Crippen molar-refractivity contribution in [2.45, 2.75) is 25.4 Å². The number of hydrogen-bond donors (Lipinski definition) is 2. The SMILES string of the molecule is [N-]=[N+]=NCCOCCOCCOCCOCCOCC(=O)Nc1cccc2c1CN(C1CCC(=O)NC1=O)C2=O. The minimum absolute atomic E-state index is 0.161.